The number of rotatable bonds is 7. The molecule has 1 aromatic heterocycles. The highest BCUT2D eigenvalue weighted by Crippen LogP contribution is 2.12. The highest BCUT2D eigenvalue weighted by molar-refractivity contribution is 5.76. The average Bonchev–Trinajstić information content (AvgIpc) is 2.97. The number of hydrogen-bond acceptors (Lipinski definition) is 4. The zero-order valence-electron chi connectivity index (χ0n) is 13.4. The van der Waals surface area contributed by atoms with E-state index in [0.717, 1.165) is 24.3 Å². The van der Waals surface area contributed by atoms with Crippen molar-refractivity contribution in [3.05, 3.63) is 42.2 Å². The molecule has 2 aromatic rings. The Hall–Kier alpha value is -2.21. The van der Waals surface area contributed by atoms with Crippen LogP contribution in [-0.4, -0.2) is 46.4 Å². The molecule has 0 saturated heterocycles. The average molecular weight is 301 g/mol. The zero-order valence-corrected chi connectivity index (χ0v) is 13.4. The van der Waals surface area contributed by atoms with Crippen molar-refractivity contribution in [2.24, 2.45) is 0 Å². The van der Waals surface area contributed by atoms with Gasteiger partial charge in [0.15, 0.2) is 0 Å². The highest BCUT2D eigenvalue weighted by atomic mass is 16.1. The molecule has 1 atom stereocenters. The van der Waals surface area contributed by atoms with Crippen molar-refractivity contribution in [1.29, 1.82) is 0 Å². The largest absolute Gasteiger partial charge is 0.348 e. The van der Waals surface area contributed by atoms with Crippen LogP contribution in [0.3, 0.4) is 0 Å². The number of nitrogens with one attached hydrogen (secondary N) is 1. The lowest BCUT2D eigenvalue weighted by Crippen LogP contribution is -2.27. The van der Waals surface area contributed by atoms with Crippen LogP contribution < -0.4 is 5.32 Å². The van der Waals surface area contributed by atoms with Gasteiger partial charge >= 0.3 is 0 Å². The van der Waals surface area contributed by atoms with Crippen LogP contribution in [0.15, 0.2) is 36.5 Å². The molecule has 6 nitrogen and oxygen atoms in total. The molecule has 0 aliphatic carbocycles. The van der Waals surface area contributed by atoms with Gasteiger partial charge in [-0.1, -0.05) is 23.4 Å². The molecule has 1 heterocycles. The Morgan fingerprint density at radius 1 is 1.32 bits per heavy atom. The third-order valence-electron chi connectivity index (χ3n) is 3.36. The van der Waals surface area contributed by atoms with E-state index in [4.69, 9.17) is 0 Å². The number of benzene rings is 1. The van der Waals surface area contributed by atoms with Gasteiger partial charge < -0.3 is 10.2 Å². The number of nitrogens with zero attached hydrogens (tertiary/aromatic N) is 4. The topological polar surface area (TPSA) is 63.1 Å². The summed E-state index contributed by atoms with van der Waals surface area (Å²) in [5.74, 6) is 0.0450. The molecule has 118 valence electrons. The number of aromatic nitrogens is 3. The lowest BCUT2D eigenvalue weighted by Gasteiger charge is -2.12. The van der Waals surface area contributed by atoms with E-state index < -0.39 is 0 Å². The molecule has 0 unspecified atom stereocenters. The third kappa shape index (κ3) is 4.66. The summed E-state index contributed by atoms with van der Waals surface area (Å²) in [6.07, 6.45) is 3.22. The molecular formula is C16H23N5O. The summed E-state index contributed by atoms with van der Waals surface area (Å²) in [6.45, 7) is 2.83. The van der Waals surface area contributed by atoms with Crippen LogP contribution in [0, 0.1) is 0 Å². The van der Waals surface area contributed by atoms with Crippen molar-refractivity contribution in [2.45, 2.75) is 25.8 Å². The molecule has 0 spiro atoms. The molecule has 1 aromatic carbocycles. The van der Waals surface area contributed by atoms with E-state index in [1.54, 1.807) is 4.68 Å². The molecule has 0 fully saturated rings. The first kappa shape index (κ1) is 16.2. The van der Waals surface area contributed by atoms with E-state index >= 15 is 0 Å². The minimum absolute atomic E-state index is 0.0450. The molecule has 2 rings (SSSR count). The second-order valence-electron chi connectivity index (χ2n) is 5.62. The number of amides is 1. The lowest BCUT2D eigenvalue weighted by molar-refractivity contribution is -0.121. The number of carbonyl (C=O) groups is 1. The Balaban J connectivity index is 1.89. The first-order valence-electron chi connectivity index (χ1n) is 7.48. The van der Waals surface area contributed by atoms with Crippen molar-refractivity contribution in [3.8, 4) is 5.69 Å². The number of carbonyl (C=O) groups excluding carboxylic acids is 1. The molecule has 22 heavy (non-hydrogen) atoms. The number of hydrogen-bond donors (Lipinski definition) is 1. The van der Waals surface area contributed by atoms with Gasteiger partial charge in [-0.3, -0.25) is 4.79 Å². The van der Waals surface area contributed by atoms with E-state index in [2.05, 4.69) is 20.5 Å². The van der Waals surface area contributed by atoms with E-state index in [1.807, 2.05) is 57.5 Å². The third-order valence-corrected chi connectivity index (χ3v) is 3.36. The highest BCUT2D eigenvalue weighted by Gasteiger charge is 2.13. The normalized spacial score (nSPS) is 12.4. The van der Waals surface area contributed by atoms with Crippen LogP contribution in [0.5, 0.6) is 0 Å². The summed E-state index contributed by atoms with van der Waals surface area (Å²) in [5.41, 5.74) is 1.70. The first-order chi connectivity index (χ1) is 10.6. The molecule has 0 saturated carbocycles. The van der Waals surface area contributed by atoms with Gasteiger partial charge in [-0.05, 0) is 46.1 Å². The first-order valence-corrected chi connectivity index (χ1v) is 7.48. The Bertz CT molecular complexity index is 594. The Morgan fingerprint density at radius 3 is 2.73 bits per heavy atom. The second-order valence-corrected chi connectivity index (χ2v) is 5.62. The van der Waals surface area contributed by atoms with Crippen LogP contribution in [0.25, 0.3) is 5.69 Å². The van der Waals surface area contributed by atoms with Crippen molar-refractivity contribution >= 4 is 5.91 Å². The van der Waals surface area contributed by atoms with Crippen molar-refractivity contribution < 1.29 is 4.79 Å². The van der Waals surface area contributed by atoms with E-state index in [9.17, 15) is 4.79 Å². The van der Waals surface area contributed by atoms with E-state index in [1.165, 1.54) is 0 Å². The number of para-hydroxylation sites is 1. The minimum Gasteiger partial charge on any atom is -0.348 e. The van der Waals surface area contributed by atoms with Gasteiger partial charge in [-0.2, -0.15) is 0 Å². The summed E-state index contributed by atoms with van der Waals surface area (Å²) in [6, 6.07) is 9.63. The minimum atomic E-state index is -0.149. The molecule has 0 radical (unpaired) electrons. The maximum absolute atomic E-state index is 11.9. The quantitative estimate of drug-likeness (QED) is 0.847. The molecule has 1 N–H and O–H groups in total. The molecular weight excluding hydrogens is 278 g/mol. The lowest BCUT2D eigenvalue weighted by atomic mass is 10.2. The standard InChI is InChI=1S/C16H23N5O/c1-13(17-16(22)10-7-11-20(2)3)15-12-21(19-18-15)14-8-5-4-6-9-14/h4-6,8-9,12-13H,7,10-11H2,1-3H3,(H,17,22)/t13-/m1/s1. The molecule has 0 aliphatic heterocycles. The van der Waals surface area contributed by atoms with Gasteiger partial charge in [0.25, 0.3) is 0 Å². The predicted octanol–water partition coefficient (Wildman–Crippen LogP) is 1.79. The Morgan fingerprint density at radius 2 is 2.05 bits per heavy atom. The maximum Gasteiger partial charge on any atom is 0.220 e. The molecule has 1 amide bonds. The SMILES string of the molecule is C[C@@H](NC(=O)CCCN(C)C)c1cn(-c2ccccc2)nn1. The fourth-order valence-electron chi connectivity index (χ4n) is 2.13. The van der Waals surface area contributed by atoms with Crippen molar-refractivity contribution in [2.75, 3.05) is 20.6 Å². The van der Waals surface area contributed by atoms with Gasteiger partial charge in [0.05, 0.1) is 17.9 Å². The van der Waals surface area contributed by atoms with Crippen LogP contribution in [-0.2, 0) is 4.79 Å². The van der Waals surface area contributed by atoms with Gasteiger partial charge in [0, 0.05) is 6.42 Å². The molecule has 0 bridgehead atoms. The summed E-state index contributed by atoms with van der Waals surface area (Å²) < 4.78 is 1.71. The monoisotopic (exact) mass is 301 g/mol. The van der Waals surface area contributed by atoms with Gasteiger partial charge in [0.1, 0.15) is 5.69 Å². The summed E-state index contributed by atoms with van der Waals surface area (Å²) in [5, 5.41) is 11.2. The van der Waals surface area contributed by atoms with Crippen molar-refractivity contribution in [1.82, 2.24) is 25.2 Å². The zero-order chi connectivity index (χ0) is 15.9. The Labute approximate surface area is 131 Å². The summed E-state index contributed by atoms with van der Waals surface area (Å²) in [4.78, 5) is 14.0. The van der Waals surface area contributed by atoms with Crippen LogP contribution in [0.4, 0.5) is 0 Å². The van der Waals surface area contributed by atoms with E-state index in [0.29, 0.717) is 6.42 Å². The van der Waals surface area contributed by atoms with Gasteiger partial charge in [-0.25, -0.2) is 4.68 Å². The molecule has 6 heteroatoms. The van der Waals surface area contributed by atoms with Crippen LogP contribution in [0.2, 0.25) is 0 Å². The smallest absolute Gasteiger partial charge is 0.220 e. The fraction of sp³-hybridized carbons (Fsp3) is 0.438. The summed E-state index contributed by atoms with van der Waals surface area (Å²) in [7, 11) is 4.00. The molecule has 0 aliphatic rings. The van der Waals surface area contributed by atoms with Gasteiger partial charge in [-0.15, -0.1) is 5.10 Å². The Kier molecular flexibility index (Phi) is 5.66. The van der Waals surface area contributed by atoms with E-state index in [-0.39, 0.29) is 11.9 Å². The summed E-state index contributed by atoms with van der Waals surface area (Å²) >= 11 is 0. The van der Waals surface area contributed by atoms with Crippen molar-refractivity contribution in [3.63, 3.8) is 0 Å². The second kappa shape index (κ2) is 7.70. The van der Waals surface area contributed by atoms with Gasteiger partial charge in [0.2, 0.25) is 5.91 Å². The predicted molar refractivity (Wildman–Crippen MR) is 85.7 cm³/mol. The maximum atomic E-state index is 11.9. The van der Waals surface area contributed by atoms with Crippen LogP contribution in [0.1, 0.15) is 31.5 Å². The fourth-order valence-corrected chi connectivity index (χ4v) is 2.13. The van der Waals surface area contributed by atoms with Crippen LogP contribution >= 0.6 is 0 Å².